The lowest BCUT2D eigenvalue weighted by Gasteiger charge is -2.27. The van der Waals surface area contributed by atoms with Crippen molar-refractivity contribution in [3.8, 4) is 0 Å². The molecule has 0 bridgehead atoms. The summed E-state index contributed by atoms with van der Waals surface area (Å²) in [7, 11) is 0. The molecule has 0 amide bonds. The van der Waals surface area contributed by atoms with Gasteiger partial charge in [-0.15, -0.1) is 0 Å². The third-order valence-corrected chi connectivity index (χ3v) is 4.19. The molecule has 1 aromatic rings. The lowest BCUT2D eigenvalue weighted by Crippen LogP contribution is -2.29. The first-order valence-electron chi connectivity index (χ1n) is 7.84. The highest BCUT2D eigenvalue weighted by atomic mass is 19.4. The Balaban J connectivity index is 3.05. The fourth-order valence-electron chi connectivity index (χ4n) is 2.79. The van der Waals surface area contributed by atoms with Crippen molar-refractivity contribution in [3.05, 3.63) is 17.3 Å². The minimum absolute atomic E-state index is 0.187. The lowest BCUT2D eigenvalue weighted by molar-refractivity contribution is -0.137. The first kappa shape index (κ1) is 18.6. The van der Waals surface area contributed by atoms with Gasteiger partial charge in [-0.05, 0) is 25.7 Å². The smallest absolute Gasteiger partial charge is 0.398 e. The molecule has 22 heavy (non-hydrogen) atoms. The number of pyridine rings is 1. The third kappa shape index (κ3) is 4.27. The molecule has 0 aliphatic carbocycles. The van der Waals surface area contributed by atoms with E-state index in [9.17, 15) is 13.2 Å². The zero-order valence-corrected chi connectivity index (χ0v) is 13.7. The Bertz CT molecular complexity index is 486. The first-order valence-corrected chi connectivity index (χ1v) is 7.84. The van der Waals surface area contributed by atoms with Crippen molar-refractivity contribution in [2.75, 3.05) is 11.1 Å². The molecule has 1 heterocycles. The SMILES string of the molecule is CCCC(CC)[C@H](CC)Nc1ncc(C(F)(F)F)c(N)c1C. The van der Waals surface area contributed by atoms with Gasteiger partial charge in [-0.1, -0.05) is 33.6 Å². The number of anilines is 2. The van der Waals surface area contributed by atoms with Crippen molar-refractivity contribution in [2.24, 2.45) is 5.92 Å². The molecule has 1 rings (SSSR count). The van der Waals surface area contributed by atoms with Crippen LogP contribution in [-0.2, 0) is 6.18 Å². The molecule has 0 radical (unpaired) electrons. The fraction of sp³-hybridized carbons (Fsp3) is 0.688. The number of hydrogen-bond donors (Lipinski definition) is 2. The predicted molar refractivity (Wildman–Crippen MR) is 84.8 cm³/mol. The minimum Gasteiger partial charge on any atom is -0.398 e. The Hall–Kier alpha value is -1.46. The van der Waals surface area contributed by atoms with Crippen LogP contribution >= 0.6 is 0 Å². The van der Waals surface area contributed by atoms with Crippen LogP contribution in [0.2, 0.25) is 0 Å². The zero-order valence-electron chi connectivity index (χ0n) is 13.7. The van der Waals surface area contributed by atoms with Crippen molar-refractivity contribution >= 4 is 11.5 Å². The number of rotatable bonds is 7. The van der Waals surface area contributed by atoms with Gasteiger partial charge in [-0.25, -0.2) is 4.98 Å². The molecule has 1 unspecified atom stereocenters. The van der Waals surface area contributed by atoms with Crippen molar-refractivity contribution in [1.29, 1.82) is 0 Å². The van der Waals surface area contributed by atoms with Crippen LogP contribution in [0, 0.1) is 12.8 Å². The fourth-order valence-corrected chi connectivity index (χ4v) is 2.79. The maximum atomic E-state index is 12.8. The second-order valence-electron chi connectivity index (χ2n) is 5.67. The lowest BCUT2D eigenvalue weighted by atomic mass is 9.90. The Kier molecular flexibility index (Phi) is 6.50. The quantitative estimate of drug-likeness (QED) is 0.743. The summed E-state index contributed by atoms with van der Waals surface area (Å²) in [6, 6.07) is 0.187. The van der Waals surface area contributed by atoms with Gasteiger partial charge in [-0.3, -0.25) is 0 Å². The minimum atomic E-state index is -4.47. The second kappa shape index (κ2) is 7.70. The number of nitrogens with zero attached hydrogens (tertiary/aromatic N) is 1. The summed E-state index contributed by atoms with van der Waals surface area (Å²) >= 11 is 0. The molecule has 126 valence electrons. The number of nitrogens with one attached hydrogen (secondary N) is 1. The maximum Gasteiger partial charge on any atom is 0.419 e. The molecular weight excluding hydrogens is 291 g/mol. The summed E-state index contributed by atoms with van der Waals surface area (Å²) in [4.78, 5) is 3.96. The van der Waals surface area contributed by atoms with E-state index in [2.05, 4.69) is 31.1 Å². The molecule has 2 atom stereocenters. The van der Waals surface area contributed by atoms with Crippen LogP contribution in [-0.4, -0.2) is 11.0 Å². The van der Waals surface area contributed by atoms with Crippen LogP contribution in [0.25, 0.3) is 0 Å². The van der Waals surface area contributed by atoms with Gasteiger partial charge in [-0.2, -0.15) is 13.2 Å². The largest absolute Gasteiger partial charge is 0.419 e. The Morgan fingerprint density at radius 3 is 2.32 bits per heavy atom. The monoisotopic (exact) mass is 317 g/mol. The molecule has 0 aliphatic rings. The maximum absolute atomic E-state index is 12.8. The summed E-state index contributed by atoms with van der Waals surface area (Å²) in [5.74, 6) is 0.923. The van der Waals surface area contributed by atoms with E-state index >= 15 is 0 Å². The average Bonchev–Trinajstić information content (AvgIpc) is 2.45. The molecule has 0 saturated heterocycles. The molecule has 3 nitrogen and oxygen atoms in total. The van der Waals surface area contributed by atoms with E-state index in [0.29, 0.717) is 17.3 Å². The van der Waals surface area contributed by atoms with E-state index < -0.39 is 11.7 Å². The Labute approximate surface area is 130 Å². The van der Waals surface area contributed by atoms with Crippen molar-refractivity contribution in [3.63, 3.8) is 0 Å². The number of nitrogen functional groups attached to an aromatic ring is 1. The molecule has 0 saturated carbocycles. The van der Waals surface area contributed by atoms with Crippen LogP contribution in [0.1, 0.15) is 57.6 Å². The van der Waals surface area contributed by atoms with E-state index in [0.717, 1.165) is 31.9 Å². The van der Waals surface area contributed by atoms with Gasteiger partial charge in [0.15, 0.2) is 0 Å². The molecule has 0 aromatic carbocycles. The molecule has 1 aromatic heterocycles. The van der Waals surface area contributed by atoms with Gasteiger partial charge < -0.3 is 11.1 Å². The second-order valence-corrected chi connectivity index (χ2v) is 5.67. The first-order chi connectivity index (χ1) is 10.3. The number of hydrogen-bond acceptors (Lipinski definition) is 3. The van der Waals surface area contributed by atoms with Gasteiger partial charge in [0.1, 0.15) is 5.82 Å². The van der Waals surface area contributed by atoms with Crippen LogP contribution in [0.5, 0.6) is 0 Å². The molecule has 3 N–H and O–H groups in total. The summed E-state index contributed by atoms with van der Waals surface area (Å²) < 4.78 is 38.5. The van der Waals surface area contributed by atoms with E-state index in [-0.39, 0.29) is 11.7 Å². The zero-order chi connectivity index (χ0) is 16.9. The van der Waals surface area contributed by atoms with Gasteiger partial charge in [0, 0.05) is 17.8 Å². The third-order valence-electron chi connectivity index (χ3n) is 4.19. The highest BCUT2D eigenvalue weighted by Crippen LogP contribution is 2.36. The van der Waals surface area contributed by atoms with Crippen LogP contribution in [0.3, 0.4) is 0 Å². The number of alkyl halides is 3. The molecule has 0 fully saturated rings. The van der Waals surface area contributed by atoms with Crippen molar-refractivity contribution in [1.82, 2.24) is 4.98 Å². The van der Waals surface area contributed by atoms with Gasteiger partial charge in [0.25, 0.3) is 0 Å². The number of halogens is 3. The average molecular weight is 317 g/mol. The van der Waals surface area contributed by atoms with Crippen LogP contribution < -0.4 is 11.1 Å². The van der Waals surface area contributed by atoms with Crippen molar-refractivity contribution in [2.45, 2.75) is 65.6 Å². The topological polar surface area (TPSA) is 50.9 Å². The highest BCUT2D eigenvalue weighted by Gasteiger charge is 2.34. The van der Waals surface area contributed by atoms with Crippen LogP contribution in [0.4, 0.5) is 24.7 Å². The van der Waals surface area contributed by atoms with Gasteiger partial charge >= 0.3 is 6.18 Å². The van der Waals surface area contributed by atoms with Gasteiger partial charge in [0.2, 0.25) is 0 Å². The van der Waals surface area contributed by atoms with E-state index in [1.807, 2.05) is 0 Å². The molecule has 0 aliphatic heterocycles. The molecular formula is C16H26F3N3. The Morgan fingerprint density at radius 2 is 1.86 bits per heavy atom. The standard InChI is InChI=1S/C16H26F3N3/c1-5-8-11(6-2)13(7-3)22-15-10(4)14(20)12(9-21-15)16(17,18)19/h9,11,13H,5-8H2,1-4H3,(H3,20,21,22)/t11?,13-/m0/s1. The van der Waals surface area contributed by atoms with E-state index in [1.54, 1.807) is 6.92 Å². The predicted octanol–water partition coefficient (Wildman–Crippen LogP) is 5.01. The molecule has 6 heteroatoms. The molecule has 0 spiro atoms. The number of nitrogens with two attached hydrogens (primary N) is 1. The summed E-state index contributed by atoms with van der Waals surface area (Å²) in [6.45, 7) is 7.91. The summed E-state index contributed by atoms with van der Waals surface area (Å²) in [5.41, 5.74) is 4.90. The summed E-state index contributed by atoms with van der Waals surface area (Å²) in [6.07, 6.45) is 0.418. The number of aromatic nitrogens is 1. The van der Waals surface area contributed by atoms with Crippen LogP contribution in [0.15, 0.2) is 6.20 Å². The normalized spacial score (nSPS) is 14.7. The van der Waals surface area contributed by atoms with Crippen molar-refractivity contribution < 1.29 is 13.2 Å². The van der Waals surface area contributed by atoms with Gasteiger partial charge in [0.05, 0.1) is 11.3 Å². The van der Waals surface area contributed by atoms with E-state index in [4.69, 9.17) is 5.73 Å². The highest BCUT2D eigenvalue weighted by molar-refractivity contribution is 5.63. The van der Waals surface area contributed by atoms with E-state index in [1.165, 1.54) is 0 Å². The summed E-state index contributed by atoms with van der Waals surface area (Å²) in [5, 5.41) is 3.29. The Morgan fingerprint density at radius 1 is 1.23 bits per heavy atom.